The molecule has 1 saturated carbocycles. The fourth-order valence-electron chi connectivity index (χ4n) is 2.08. The van der Waals surface area contributed by atoms with Gasteiger partial charge < -0.3 is 10.2 Å². The molecule has 19 heavy (non-hydrogen) atoms. The van der Waals surface area contributed by atoms with Crippen molar-refractivity contribution in [2.75, 3.05) is 19.7 Å². The van der Waals surface area contributed by atoms with Crippen LogP contribution in [-0.2, 0) is 6.54 Å². The van der Waals surface area contributed by atoms with Crippen LogP contribution in [-0.4, -0.2) is 61.7 Å². The highest BCUT2D eigenvalue weighted by atomic mass is 16.6. The zero-order valence-electron chi connectivity index (χ0n) is 10.6. The van der Waals surface area contributed by atoms with Gasteiger partial charge in [-0.15, -0.1) is 0 Å². The topological polar surface area (TPSA) is 105 Å². The van der Waals surface area contributed by atoms with E-state index in [9.17, 15) is 15.2 Å². The highest BCUT2D eigenvalue weighted by Gasteiger charge is 2.29. The molecule has 0 spiro atoms. The van der Waals surface area contributed by atoms with E-state index in [2.05, 4.69) is 5.10 Å². The minimum atomic E-state index is -0.661. The van der Waals surface area contributed by atoms with Crippen molar-refractivity contribution in [2.24, 2.45) is 0 Å². The molecule has 8 nitrogen and oxygen atoms in total. The average molecular weight is 270 g/mol. The summed E-state index contributed by atoms with van der Waals surface area (Å²) in [6.45, 7) is 1.26. The van der Waals surface area contributed by atoms with E-state index < -0.39 is 11.0 Å². The lowest BCUT2D eigenvalue weighted by molar-refractivity contribution is -0.385. The summed E-state index contributed by atoms with van der Waals surface area (Å²) < 4.78 is 1.37. The zero-order chi connectivity index (χ0) is 13.8. The lowest BCUT2D eigenvalue weighted by Crippen LogP contribution is -2.38. The van der Waals surface area contributed by atoms with E-state index in [-0.39, 0.29) is 18.8 Å². The third-order valence-corrected chi connectivity index (χ3v) is 3.12. The molecule has 0 bridgehead atoms. The van der Waals surface area contributed by atoms with Crippen LogP contribution in [0.4, 0.5) is 5.69 Å². The molecule has 0 radical (unpaired) electrons. The minimum Gasteiger partial charge on any atom is -0.395 e. The van der Waals surface area contributed by atoms with Gasteiger partial charge in [0.05, 0.1) is 24.2 Å². The fourth-order valence-corrected chi connectivity index (χ4v) is 2.08. The second-order valence-corrected chi connectivity index (χ2v) is 4.78. The third-order valence-electron chi connectivity index (χ3n) is 3.12. The molecule has 0 saturated heterocycles. The first kappa shape index (κ1) is 13.9. The van der Waals surface area contributed by atoms with Crippen molar-refractivity contribution in [3.05, 3.63) is 22.5 Å². The summed E-state index contributed by atoms with van der Waals surface area (Å²) in [5, 5.41) is 33.3. The van der Waals surface area contributed by atoms with Crippen LogP contribution < -0.4 is 0 Å². The molecule has 106 valence electrons. The van der Waals surface area contributed by atoms with Gasteiger partial charge in [0.1, 0.15) is 12.4 Å². The van der Waals surface area contributed by atoms with Crippen LogP contribution in [0.25, 0.3) is 0 Å². The van der Waals surface area contributed by atoms with Crippen molar-refractivity contribution in [2.45, 2.75) is 31.5 Å². The van der Waals surface area contributed by atoms with Crippen LogP contribution in [0.5, 0.6) is 0 Å². The van der Waals surface area contributed by atoms with Gasteiger partial charge in [-0.3, -0.25) is 19.7 Å². The van der Waals surface area contributed by atoms with Crippen LogP contribution >= 0.6 is 0 Å². The van der Waals surface area contributed by atoms with E-state index >= 15 is 0 Å². The van der Waals surface area contributed by atoms with Gasteiger partial charge in [-0.1, -0.05) is 0 Å². The maximum atomic E-state index is 10.5. The van der Waals surface area contributed by atoms with Gasteiger partial charge in [0.25, 0.3) is 0 Å². The standard InChI is InChI=1S/C11H18N4O4/c16-4-3-13(9-1-2-9)7-11(17)8-14-6-10(5-12-14)15(18)19/h5-6,9,11,16-17H,1-4,7-8H2. The van der Waals surface area contributed by atoms with Gasteiger partial charge in [-0.25, -0.2) is 0 Å². The Labute approximate surface area is 110 Å². The Balaban J connectivity index is 1.85. The summed E-state index contributed by atoms with van der Waals surface area (Å²) in [5.41, 5.74) is -0.0818. The Morgan fingerprint density at radius 1 is 1.63 bits per heavy atom. The van der Waals surface area contributed by atoms with Crippen molar-refractivity contribution >= 4 is 5.69 Å². The SMILES string of the molecule is O=[N+]([O-])c1cnn(CC(O)CN(CCO)C2CC2)c1. The van der Waals surface area contributed by atoms with Crippen LogP contribution in [0, 0.1) is 10.1 Å². The quantitative estimate of drug-likeness (QED) is 0.492. The van der Waals surface area contributed by atoms with Crippen molar-refractivity contribution in [3.63, 3.8) is 0 Å². The Morgan fingerprint density at radius 3 is 2.89 bits per heavy atom. The molecule has 1 aliphatic rings. The van der Waals surface area contributed by atoms with Crippen LogP contribution in [0.3, 0.4) is 0 Å². The molecule has 1 aromatic heterocycles. The number of nitrogens with zero attached hydrogens (tertiary/aromatic N) is 4. The normalized spacial score (nSPS) is 16.8. The van der Waals surface area contributed by atoms with Gasteiger partial charge in [0.2, 0.25) is 0 Å². The first-order valence-corrected chi connectivity index (χ1v) is 6.30. The van der Waals surface area contributed by atoms with Gasteiger partial charge in [-0.2, -0.15) is 5.10 Å². The van der Waals surface area contributed by atoms with Crippen LogP contribution in [0.1, 0.15) is 12.8 Å². The molecule has 0 aliphatic heterocycles. The summed E-state index contributed by atoms with van der Waals surface area (Å²) in [6.07, 6.45) is 4.00. The summed E-state index contributed by atoms with van der Waals surface area (Å²) in [6, 6.07) is 0.453. The van der Waals surface area contributed by atoms with E-state index in [0.717, 1.165) is 12.8 Å². The van der Waals surface area contributed by atoms with Gasteiger partial charge >= 0.3 is 5.69 Å². The summed E-state index contributed by atoms with van der Waals surface area (Å²) in [5.74, 6) is 0. The molecule has 0 amide bonds. The number of aliphatic hydroxyl groups excluding tert-OH is 2. The summed E-state index contributed by atoms with van der Waals surface area (Å²) >= 11 is 0. The van der Waals surface area contributed by atoms with Gasteiger partial charge in [0, 0.05) is 19.1 Å². The molecule has 1 unspecified atom stereocenters. The second-order valence-electron chi connectivity index (χ2n) is 4.78. The maximum absolute atomic E-state index is 10.5. The average Bonchev–Trinajstić information content (AvgIpc) is 3.09. The van der Waals surface area contributed by atoms with E-state index in [4.69, 9.17) is 5.11 Å². The predicted octanol–water partition coefficient (Wildman–Crippen LogP) is -0.391. The first-order valence-electron chi connectivity index (χ1n) is 6.30. The number of hydrogen-bond donors (Lipinski definition) is 2. The fraction of sp³-hybridized carbons (Fsp3) is 0.727. The number of rotatable bonds is 8. The number of nitro groups is 1. The Morgan fingerprint density at radius 2 is 2.37 bits per heavy atom. The molecule has 1 atom stereocenters. The van der Waals surface area contributed by atoms with Crippen LogP contribution in [0.15, 0.2) is 12.4 Å². The largest absolute Gasteiger partial charge is 0.395 e. The summed E-state index contributed by atoms with van der Waals surface area (Å²) in [7, 11) is 0. The molecule has 0 aromatic carbocycles. The molecule has 1 heterocycles. The Kier molecular flexibility index (Phi) is 4.46. The molecule has 1 aliphatic carbocycles. The summed E-state index contributed by atoms with van der Waals surface area (Å²) in [4.78, 5) is 12.0. The smallest absolute Gasteiger partial charge is 0.306 e. The first-order chi connectivity index (χ1) is 9.10. The number of aromatic nitrogens is 2. The monoisotopic (exact) mass is 270 g/mol. The highest BCUT2D eigenvalue weighted by Crippen LogP contribution is 2.26. The lowest BCUT2D eigenvalue weighted by atomic mass is 10.3. The molecule has 1 fully saturated rings. The molecular formula is C11H18N4O4. The van der Waals surface area contributed by atoms with Crippen molar-refractivity contribution < 1.29 is 15.1 Å². The molecule has 1 aromatic rings. The molecule has 2 N–H and O–H groups in total. The van der Waals surface area contributed by atoms with E-state index in [1.165, 1.54) is 17.1 Å². The van der Waals surface area contributed by atoms with Crippen LogP contribution in [0.2, 0.25) is 0 Å². The zero-order valence-corrected chi connectivity index (χ0v) is 10.6. The second kappa shape index (κ2) is 6.09. The number of hydrogen-bond acceptors (Lipinski definition) is 6. The van der Waals surface area contributed by atoms with Crippen molar-refractivity contribution in [3.8, 4) is 0 Å². The molecule has 2 rings (SSSR count). The lowest BCUT2D eigenvalue weighted by Gasteiger charge is -2.23. The molecule has 8 heteroatoms. The van der Waals surface area contributed by atoms with E-state index in [1.807, 2.05) is 4.90 Å². The van der Waals surface area contributed by atoms with Gasteiger partial charge in [-0.05, 0) is 12.8 Å². The van der Waals surface area contributed by atoms with Crippen molar-refractivity contribution in [1.82, 2.24) is 14.7 Å². The third kappa shape index (κ3) is 3.98. The highest BCUT2D eigenvalue weighted by molar-refractivity contribution is 5.20. The van der Waals surface area contributed by atoms with E-state index in [1.54, 1.807) is 0 Å². The van der Waals surface area contributed by atoms with E-state index in [0.29, 0.717) is 19.1 Å². The maximum Gasteiger partial charge on any atom is 0.306 e. The van der Waals surface area contributed by atoms with Gasteiger partial charge in [0.15, 0.2) is 0 Å². The Hall–Kier alpha value is -1.51. The minimum absolute atomic E-state index is 0.0659. The number of aliphatic hydroxyl groups is 2. The Bertz CT molecular complexity index is 432. The van der Waals surface area contributed by atoms with Crippen molar-refractivity contribution in [1.29, 1.82) is 0 Å². The molecular weight excluding hydrogens is 252 g/mol. The predicted molar refractivity (Wildman–Crippen MR) is 66.6 cm³/mol.